The van der Waals surface area contributed by atoms with Crippen molar-refractivity contribution in [3.05, 3.63) is 59.2 Å². The third-order valence-electron chi connectivity index (χ3n) is 5.04. The van der Waals surface area contributed by atoms with E-state index in [2.05, 4.69) is 5.32 Å². The van der Waals surface area contributed by atoms with Crippen molar-refractivity contribution < 1.29 is 31.9 Å². The summed E-state index contributed by atoms with van der Waals surface area (Å²) in [5.41, 5.74) is 0.457. The predicted molar refractivity (Wildman–Crippen MR) is 105 cm³/mol. The van der Waals surface area contributed by atoms with Crippen LogP contribution in [-0.2, 0) is 14.8 Å². The van der Waals surface area contributed by atoms with Gasteiger partial charge in [-0.15, -0.1) is 0 Å². The lowest BCUT2D eigenvalue weighted by atomic mass is 9.99. The molecule has 0 aromatic heterocycles. The molecular formula is C20H20F2N2O5S. The molecule has 1 fully saturated rings. The van der Waals surface area contributed by atoms with Gasteiger partial charge in [0.2, 0.25) is 10.0 Å². The van der Waals surface area contributed by atoms with Gasteiger partial charge in [-0.2, -0.15) is 4.31 Å². The van der Waals surface area contributed by atoms with E-state index in [0.717, 1.165) is 28.6 Å². The maximum atomic E-state index is 14.3. The number of nitrogens with one attached hydrogen (secondary N) is 1. The Labute approximate surface area is 172 Å². The number of carbonyl (C=O) groups is 2. The summed E-state index contributed by atoms with van der Waals surface area (Å²) in [6.07, 6.45) is 0.241. The monoisotopic (exact) mass is 438 g/mol. The van der Waals surface area contributed by atoms with Gasteiger partial charge >= 0.3 is 5.97 Å². The quantitative estimate of drug-likeness (QED) is 0.747. The number of piperidine rings is 1. The molecule has 1 amide bonds. The van der Waals surface area contributed by atoms with E-state index < -0.39 is 44.3 Å². The highest BCUT2D eigenvalue weighted by molar-refractivity contribution is 7.89. The summed E-state index contributed by atoms with van der Waals surface area (Å²) < 4.78 is 54.7. The van der Waals surface area contributed by atoms with E-state index in [-0.39, 0.29) is 37.2 Å². The molecule has 30 heavy (non-hydrogen) atoms. The van der Waals surface area contributed by atoms with E-state index in [1.54, 1.807) is 6.92 Å². The average Bonchev–Trinajstić information content (AvgIpc) is 2.71. The molecule has 0 spiro atoms. The molecule has 1 aliphatic heterocycles. The number of hydrogen-bond donors (Lipinski definition) is 2. The Bertz CT molecular complexity index is 1100. The number of amides is 1. The molecule has 160 valence electrons. The Morgan fingerprint density at radius 1 is 1.07 bits per heavy atom. The van der Waals surface area contributed by atoms with Gasteiger partial charge < -0.3 is 10.4 Å². The van der Waals surface area contributed by atoms with E-state index in [4.69, 9.17) is 5.11 Å². The van der Waals surface area contributed by atoms with E-state index in [1.165, 1.54) is 12.1 Å². The van der Waals surface area contributed by atoms with Crippen LogP contribution in [0.1, 0.15) is 28.8 Å². The highest BCUT2D eigenvalue weighted by atomic mass is 32.2. The molecule has 10 heteroatoms. The molecule has 1 heterocycles. The first-order valence-corrected chi connectivity index (χ1v) is 10.6. The van der Waals surface area contributed by atoms with Crippen LogP contribution < -0.4 is 5.32 Å². The summed E-state index contributed by atoms with van der Waals surface area (Å²) in [5.74, 6) is -3.90. The molecule has 1 saturated heterocycles. The molecule has 1 aliphatic rings. The van der Waals surface area contributed by atoms with Crippen molar-refractivity contribution >= 4 is 27.6 Å². The number of sulfonamides is 1. The van der Waals surface area contributed by atoms with Crippen molar-refractivity contribution in [2.45, 2.75) is 24.7 Å². The van der Waals surface area contributed by atoms with Crippen molar-refractivity contribution in [2.75, 3.05) is 18.4 Å². The summed E-state index contributed by atoms with van der Waals surface area (Å²) in [6.45, 7) is 1.45. The Morgan fingerprint density at radius 2 is 1.73 bits per heavy atom. The van der Waals surface area contributed by atoms with Crippen molar-refractivity contribution in [1.82, 2.24) is 4.31 Å². The third kappa shape index (κ3) is 4.49. The summed E-state index contributed by atoms with van der Waals surface area (Å²) in [5, 5.41) is 11.5. The molecule has 2 N–H and O–H groups in total. The molecule has 0 atom stereocenters. The predicted octanol–water partition coefficient (Wildman–Crippen LogP) is 3.01. The van der Waals surface area contributed by atoms with Crippen LogP contribution >= 0.6 is 0 Å². The fourth-order valence-corrected chi connectivity index (χ4v) is 4.76. The maximum Gasteiger partial charge on any atom is 0.306 e. The van der Waals surface area contributed by atoms with Crippen LogP contribution in [0.2, 0.25) is 0 Å². The largest absolute Gasteiger partial charge is 0.481 e. The van der Waals surface area contributed by atoms with Crippen molar-refractivity contribution in [2.24, 2.45) is 5.92 Å². The van der Waals surface area contributed by atoms with Crippen LogP contribution in [0.25, 0.3) is 0 Å². The number of aliphatic carboxylic acids is 1. The normalized spacial score (nSPS) is 15.7. The zero-order valence-electron chi connectivity index (χ0n) is 16.1. The molecule has 0 bridgehead atoms. The van der Waals surface area contributed by atoms with Crippen LogP contribution in [0.15, 0.2) is 41.3 Å². The van der Waals surface area contributed by atoms with Gasteiger partial charge in [0.05, 0.1) is 5.92 Å². The van der Waals surface area contributed by atoms with Crippen LogP contribution in [-0.4, -0.2) is 42.8 Å². The van der Waals surface area contributed by atoms with Crippen LogP contribution in [0.4, 0.5) is 14.5 Å². The smallest absolute Gasteiger partial charge is 0.306 e. The number of nitrogens with zero attached hydrogens (tertiary/aromatic N) is 1. The summed E-state index contributed by atoms with van der Waals surface area (Å²) in [7, 11) is -4.26. The zero-order chi connectivity index (χ0) is 22.1. The molecule has 0 unspecified atom stereocenters. The minimum absolute atomic E-state index is 0.0577. The third-order valence-corrected chi connectivity index (χ3v) is 6.96. The second-order valence-electron chi connectivity index (χ2n) is 7.08. The topological polar surface area (TPSA) is 104 Å². The van der Waals surface area contributed by atoms with E-state index in [9.17, 15) is 26.8 Å². The SMILES string of the molecule is Cc1ccc(NC(=O)c2ccc(F)c(S(=O)(=O)N3CCC(C(=O)O)CC3)c2)cc1F. The van der Waals surface area contributed by atoms with Gasteiger partial charge in [-0.3, -0.25) is 9.59 Å². The molecular weight excluding hydrogens is 418 g/mol. The Kier molecular flexibility index (Phi) is 6.18. The fourth-order valence-electron chi connectivity index (χ4n) is 3.20. The highest BCUT2D eigenvalue weighted by Crippen LogP contribution is 2.26. The zero-order valence-corrected chi connectivity index (χ0v) is 16.9. The molecule has 0 saturated carbocycles. The number of carbonyl (C=O) groups excluding carboxylic acids is 1. The number of hydrogen-bond acceptors (Lipinski definition) is 4. The van der Waals surface area contributed by atoms with Gasteiger partial charge in [-0.25, -0.2) is 17.2 Å². The standard InChI is InChI=1S/C20H20F2N2O5S/c1-12-2-4-15(11-17(12)22)23-19(25)14-3-5-16(21)18(10-14)30(28,29)24-8-6-13(7-9-24)20(26)27/h2-5,10-11,13H,6-9H2,1H3,(H,23,25)(H,26,27). The minimum Gasteiger partial charge on any atom is -0.481 e. The molecule has 2 aromatic carbocycles. The second kappa shape index (κ2) is 8.49. The van der Waals surface area contributed by atoms with Gasteiger partial charge in [0.1, 0.15) is 16.5 Å². The van der Waals surface area contributed by atoms with Gasteiger partial charge in [-0.05, 0) is 55.7 Å². The number of carboxylic acid groups (broad SMARTS) is 1. The number of rotatable bonds is 5. The molecule has 2 aromatic rings. The van der Waals surface area contributed by atoms with Gasteiger partial charge in [0, 0.05) is 24.3 Å². The summed E-state index contributed by atoms with van der Waals surface area (Å²) in [6, 6.07) is 7.03. The second-order valence-corrected chi connectivity index (χ2v) is 8.99. The van der Waals surface area contributed by atoms with E-state index >= 15 is 0 Å². The number of aryl methyl sites for hydroxylation is 1. The summed E-state index contributed by atoms with van der Waals surface area (Å²) >= 11 is 0. The Balaban J connectivity index is 1.83. The maximum absolute atomic E-state index is 14.3. The van der Waals surface area contributed by atoms with Crippen LogP contribution in [0.5, 0.6) is 0 Å². The van der Waals surface area contributed by atoms with Gasteiger partial charge in [-0.1, -0.05) is 6.07 Å². The highest BCUT2D eigenvalue weighted by Gasteiger charge is 2.34. The Morgan fingerprint density at radius 3 is 2.33 bits per heavy atom. The average molecular weight is 438 g/mol. The van der Waals surface area contributed by atoms with Crippen LogP contribution in [0.3, 0.4) is 0 Å². The molecule has 0 radical (unpaired) electrons. The molecule has 3 rings (SSSR count). The van der Waals surface area contributed by atoms with Crippen molar-refractivity contribution in [3.63, 3.8) is 0 Å². The lowest BCUT2D eigenvalue weighted by molar-refractivity contribution is -0.142. The van der Waals surface area contributed by atoms with Crippen LogP contribution in [0, 0.1) is 24.5 Å². The number of benzene rings is 2. The van der Waals surface area contributed by atoms with Gasteiger partial charge in [0.15, 0.2) is 0 Å². The first-order chi connectivity index (χ1) is 14.1. The van der Waals surface area contributed by atoms with Crippen molar-refractivity contribution in [1.29, 1.82) is 0 Å². The first-order valence-electron chi connectivity index (χ1n) is 9.19. The summed E-state index contributed by atoms with van der Waals surface area (Å²) in [4.78, 5) is 22.8. The van der Waals surface area contributed by atoms with E-state index in [0.29, 0.717) is 5.56 Å². The lowest BCUT2D eigenvalue weighted by Gasteiger charge is -2.29. The molecule has 0 aliphatic carbocycles. The number of carboxylic acids is 1. The van der Waals surface area contributed by atoms with Gasteiger partial charge in [0.25, 0.3) is 5.91 Å². The first kappa shape index (κ1) is 21.8. The van der Waals surface area contributed by atoms with E-state index in [1.807, 2.05) is 0 Å². The number of anilines is 1. The van der Waals surface area contributed by atoms with Crippen molar-refractivity contribution in [3.8, 4) is 0 Å². The number of halogens is 2. The Hall–Kier alpha value is -2.85. The minimum atomic E-state index is -4.26. The molecule has 7 nitrogen and oxygen atoms in total. The lowest BCUT2D eigenvalue weighted by Crippen LogP contribution is -2.40. The fraction of sp³-hybridized carbons (Fsp3) is 0.300.